The molecule has 0 fully saturated rings. The molecular formula is C15H13NO4S2. The van der Waals surface area contributed by atoms with E-state index in [1.165, 1.54) is 0 Å². The summed E-state index contributed by atoms with van der Waals surface area (Å²) in [6, 6.07) is 8.65. The maximum Gasteiger partial charge on any atom is 0.365 e. The van der Waals surface area contributed by atoms with Crippen LogP contribution >= 0.6 is 11.3 Å². The zero-order chi connectivity index (χ0) is 15.7. The van der Waals surface area contributed by atoms with Gasteiger partial charge in [0, 0.05) is 12.0 Å². The molecular weight excluding hydrogens is 322 g/mol. The summed E-state index contributed by atoms with van der Waals surface area (Å²) in [5.74, 6) is -0.570. The van der Waals surface area contributed by atoms with Crippen LogP contribution in [0.15, 0.2) is 45.1 Å². The largest absolute Gasteiger partial charge is 0.365 e. The average Bonchev–Trinajstić information content (AvgIpc) is 2.98. The monoisotopic (exact) mass is 335 g/mol. The SMILES string of the molecule is Cc1ccc(C(=O)ON=C2CCS(=O)(=O)c3sccc32)cc1. The highest BCUT2D eigenvalue weighted by Gasteiger charge is 2.29. The Morgan fingerprint density at radius 2 is 1.95 bits per heavy atom. The average molecular weight is 335 g/mol. The summed E-state index contributed by atoms with van der Waals surface area (Å²) in [4.78, 5) is 16.9. The molecule has 0 atom stereocenters. The van der Waals surface area contributed by atoms with E-state index in [1.807, 2.05) is 19.1 Å². The van der Waals surface area contributed by atoms with E-state index < -0.39 is 15.8 Å². The topological polar surface area (TPSA) is 72.8 Å². The standard InChI is InChI=1S/C15H13NO4S2/c1-10-2-4-11(5-3-10)14(17)20-16-13-7-9-22(18,19)15-12(13)6-8-21-15/h2-6,8H,7,9H2,1H3. The van der Waals surface area contributed by atoms with Crippen molar-refractivity contribution >= 4 is 32.9 Å². The zero-order valence-electron chi connectivity index (χ0n) is 11.8. The highest BCUT2D eigenvalue weighted by Crippen LogP contribution is 2.30. The number of hydrogen-bond acceptors (Lipinski definition) is 6. The Kier molecular flexibility index (Phi) is 3.84. The van der Waals surface area contributed by atoms with E-state index in [4.69, 9.17) is 4.84 Å². The first-order valence-corrected chi connectivity index (χ1v) is 9.16. The fourth-order valence-electron chi connectivity index (χ4n) is 2.14. The molecule has 3 rings (SSSR count). The number of thiophene rings is 1. The summed E-state index contributed by atoms with van der Waals surface area (Å²) >= 11 is 1.16. The van der Waals surface area contributed by atoms with Crippen molar-refractivity contribution in [3.8, 4) is 0 Å². The van der Waals surface area contributed by atoms with Crippen molar-refractivity contribution in [2.75, 3.05) is 5.75 Å². The van der Waals surface area contributed by atoms with Gasteiger partial charge in [-0.2, -0.15) is 0 Å². The number of fused-ring (bicyclic) bond motifs is 1. The van der Waals surface area contributed by atoms with E-state index in [1.54, 1.807) is 23.6 Å². The van der Waals surface area contributed by atoms with Gasteiger partial charge in [0.2, 0.25) is 0 Å². The lowest BCUT2D eigenvalue weighted by Gasteiger charge is -2.13. The fraction of sp³-hybridized carbons (Fsp3) is 0.200. The molecule has 0 unspecified atom stereocenters. The molecule has 0 saturated heterocycles. The molecule has 7 heteroatoms. The predicted molar refractivity (Wildman–Crippen MR) is 84.1 cm³/mol. The Morgan fingerprint density at radius 3 is 2.68 bits per heavy atom. The molecule has 2 aromatic rings. The summed E-state index contributed by atoms with van der Waals surface area (Å²) in [6.07, 6.45) is 0.243. The van der Waals surface area contributed by atoms with E-state index in [9.17, 15) is 13.2 Å². The summed E-state index contributed by atoms with van der Waals surface area (Å²) < 4.78 is 24.1. The molecule has 1 aromatic heterocycles. The zero-order valence-corrected chi connectivity index (χ0v) is 13.4. The fourth-order valence-corrected chi connectivity index (χ4v) is 4.95. The normalized spacial score (nSPS) is 18.0. The maximum absolute atomic E-state index is 11.9. The molecule has 1 aromatic carbocycles. The smallest absolute Gasteiger partial charge is 0.313 e. The minimum absolute atomic E-state index is 0.0125. The van der Waals surface area contributed by atoms with Gasteiger partial charge in [-0.05, 0) is 30.5 Å². The molecule has 0 amide bonds. The van der Waals surface area contributed by atoms with Gasteiger partial charge >= 0.3 is 5.97 Å². The first-order chi connectivity index (χ1) is 10.5. The minimum Gasteiger partial charge on any atom is -0.313 e. The molecule has 1 aliphatic rings. The number of aryl methyl sites for hydroxylation is 1. The number of hydrogen-bond donors (Lipinski definition) is 0. The molecule has 2 heterocycles. The van der Waals surface area contributed by atoms with Gasteiger partial charge in [0.05, 0.1) is 17.0 Å². The first kappa shape index (κ1) is 14.9. The van der Waals surface area contributed by atoms with Gasteiger partial charge < -0.3 is 4.84 Å². The van der Waals surface area contributed by atoms with Crippen LogP contribution in [0.25, 0.3) is 0 Å². The quantitative estimate of drug-likeness (QED) is 0.625. The number of rotatable bonds is 2. The number of nitrogens with zero attached hydrogens (tertiary/aromatic N) is 1. The van der Waals surface area contributed by atoms with Gasteiger partial charge in [0.25, 0.3) is 0 Å². The van der Waals surface area contributed by atoms with Crippen molar-refractivity contribution in [3.05, 3.63) is 52.4 Å². The summed E-state index contributed by atoms with van der Waals surface area (Å²) in [6.45, 7) is 1.93. The van der Waals surface area contributed by atoms with Crippen molar-refractivity contribution < 1.29 is 18.0 Å². The second-order valence-electron chi connectivity index (χ2n) is 4.97. The van der Waals surface area contributed by atoms with Crippen LogP contribution in [0.4, 0.5) is 0 Å². The molecule has 0 aliphatic carbocycles. The Hall–Kier alpha value is -1.99. The Labute approximate surface area is 132 Å². The van der Waals surface area contributed by atoms with Crippen molar-refractivity contribution in [1.29, 1.82) is 0 Å². The highest BCUT2D eigenvalue weighted by atomic mass is 32.2. The molecule has 0 radical (unpaired) electrons. The van der Waals surface area contributed by atoms with E-state index in [-0.39, 0.29) is 12.2 Å². The second-order valence-corrected chi connectivity index (χ2v) is 8.19. The second kappa shape index (κ2) is 5.66. The Bertz CT molecular complexity index is 848. The molecule has 0 N–H and O–H groups in total. The van der Waals surface area contributed by atoms with Crippen LogP contribution in [0.3, 0.4) is 0 Å². The van der Waals surface area contributed by atoms with Crippen molar-refractivity contribution in [2.45, 2.75) is 17.6 Å². The summed E-state index contributed by atoms with van der Waals surface area (Å²) in [5.41, 5.74) is 2.48. The van der Waals surface area contributed by atoms with Gasteiger partial charge in [-0.1, -0.05) is 22.9 Å². The van der Waals surface area contributed by atoms with E-state index in [2.05, 4.69) is 5.16 Å². The van der Waals surface area contributed by atoms with E-state index in [0.717, 1.165) is 16.9 Å². The van der Waals surface area contributed by atoms with E-state index >= 15 is 0 Å². The highest BCUT2D eigenvalue weighted by molar-refractivity contribution is 7.93. The van der Waals surface area contributed by atoms with Gasteiger partial charge in [-0.25, -0.2) is 13.2 Å². The van der Waals surface area contributed by atoms with Crippen molar-refractivity contribution in [2.24, 2.45) is 5.16 Å². The summed E-state index contributed by atoms with van der Waals surface area (Å²) in [7, 11) is -3.23. The van der Waals surface area contributed by atoms with Gasteiger partial charge in [-0.3, -0.25) is 0 Å². The predicted octanol–water partition coefficient (Wildman–Crippen LogP) is 2.80. The van der Waals surface area contributed by atoms with Crippen LogP contribution in [0.5, 0.6) is 0 Å². The van der Waals surface area contributed by atoms with Crippen molar-refractivity contribution in [1.82, 2.24) is 0 Å². The Morgan fingerprint density at radius 1 is 1.23 bits per heavy atom. The lowest BCUT2D eigenvalue weighted by Crippen LogP contribution is -2.20. The van der Waals surface area contributed by atoms with Gasteiger partial charge in [-0.15, -0.1) is 11.3 Å². The lowest BCUT2D eigenvalue weighted by atomic mass is 10.1. The number of benzene rings is 1. The molecule has 5 nitrogen and oxygen atoms in total. The van der Waals surface area contributed by atoms with E-state index in [0.29, 0.717) is 21.0 Å². The number of oxime groups is 1. The molecule has 0 saturated carbocycles. The molecule has 1 aliphatic heterocycles. The van der Waals surface area contributed by atoms with Crippen LogP contribution in [0, 0.1) is 6.92 Å². The third-order valence-electron chi connectivity index (χ3n) is 3.36. The van der Waals surface area contributed by atoms with Crippen molar-refractivity contribution in [3.63, 3.8) is 0 Å². The molecule has 22 heavy (non-hydrogen) atoms. The third-order valence-corrected chi connectivity index (χ3v) is 6.64. The minimum atomic E-state index is -3.23. The van der Waals surface area contributed by atoms with Gasteiger partial charge in [0.15, 0.2) is 9.84 Å². The number of carbonyl (C=O) groups excluding carboxylic acids is 1. The molecule has 114 valence electrons. The first-order valence-electron chi connectivity index (χ1n) is 6.63. The van der Waals surface area contributed by atoms with Crippen LogP contribution in [0.2, 0.25) is 0 Å². The van der Waals surface area contributed by atoms with Crippen LogP contribution in [-0.2, 0) is 14.7 Å². The Balaban J connectivity index is 1.82. The number of carbonyl (C=O) groups is 1. The van der Waals surface area contributed by atoms with Gasteiger partial charge in [0.1, 0.15) is 4.21 Å². The molecule has 0 bridgehead atoms. The number of sulfone groups is 1. The molecule has 0 spiro atoms. The lowest BCUT2D eigenvalue weighted by molar-refractivity contribution is 0.0516. The summed E-state index contributed by atoms with van der Waals surface area (Å²) in [5, 5.41) is 5.57. The van der Waals surface area contributed by atoms with Crippen LogP contribution < -0.4 is 0 Å². The van der Waals surface area contributed by atoms with Crippen LogP contribution in [-0.4, -0.2) is 25.9 Å². The maximum atomic E-state index is 11.9. The van der Waals surface area contributed by atoms with Crippen LogP contribution in [0.1, 0.15) is 27.9 Å². The third kappa shape index (κ3) is 2.82.